The van der Waals surface area contributed by atoms with Gasteiger partial charge in [-0.1, -0.05) is 12.8 Å². The molecule has 0 heterocycles. The van der Waals surface area contributed by atoms with Crippen molar-refractivity contribution in [1.82, 2.24) is 0 Å². The van der Waals surface area contributed by atoms with Crippen molar-refractivity contribution in [3.8, 4) is 0 Å². The third kappa shape index (κ3) is 3.77. The topological polar surface area (TPSA) is 55.5 Å². The van der Waals surface area contributed by atoms with Gasteiger partial charge in [-0.05, 0) is 12.8 Å². The lowest BCUT2D eigenvalue weighted by Gasteiger charge is -2.23. The van der Waals surface area contributed by atoms with Gasteiger partial charge in [-0.15, -0.1) is 0 Å². The lowest BCUT2D eigenvalue weighted by atomic mass is 10.2. The summed E-state index contributed by atoms with van der Waals surface area (Å²) >= 11 is 1.85. The number of ether oxygens (including phenoxy) is 1. The number of nitrogens with two attached hydrogens (primary N) is 1. The van der Waals surface area contributed by atoms with Crippen molar-refractivity contribution in [1.29, 1.82) is 0 Å². The van der Waals surface area contributed by atoms with Crippen molar-refractivity contribution in [3.63, 3.8) is 0 Å². The summed E-state index contributed by atoms with van der Waals surface area (Å²) < 4.78 is 5.00. The van der Waals surface area contributed by atoms with Crippen LogP contribution in [0.2, 0.25) is 0 Å². The van der Waals surface area contributed by atoms with Gasteiger partial charge in [0.2, 0.25) is 0 Å². The number of rotatable bonds is 6. The van der Waals surface area contributed by atoms with Gasteiger partial charge in [0.25, 0.3) is 0 Å². The molecule has 3 N–H and O–H groups in total. The normalized spacial score (nSPS) is 22.5. The third-order valence-corrected chi connectivity index (χ3v) is 4.39. The Morgan fingerprint density at radius 2 is 2.14 bits per heavy atom. The molecule has 1 saturated carbocycles. The largest absolute Gasteiger partial charge is 0.395 e. The summed E-state index contributed by atoms with van der Waals surface area (Å²) in [7, 11) is 1.65. The molecule has 1 aliphatic rings. The van der Waals surface area contributed by atoms with Crippen LogP contribution >= 0.6 is 11.8 Å². The second kappa shape index (κ2) is 6.67. The van der Waals surface area contributed by atoms with Gasteiger partial charge in [0.15, 0.2) is 0 Å². The average molecular weight is 219 g/mol. The first-order chi connectivity index (χ1) is 6.77. The smallest absolute Gasteiger partial charge is 0.0625 e. The van der Waals surface area contributed by atoms with E-state index in [-0.39, 0.29) is 17.9 Å². The molecule has 0 spiro atoms. The van der Waals surface area contributed by atoms with Crippen molar-refractivity contribution >= 4 is 11.8 Å². The van der Waals surface area contributed by atoms with Gasteiger partial charge in [-0.3, -0.25) is 0 Å². The van der Waals surface area contributed by atoms with E-state index >= 15 is 0 Å². The molecule has 4 heteroatoms. The lowest BCUT2D eigenvalue weighted by Crippen LogP contribution is -2.39. The summed E-state index contributed by atoms with van der Waals surface area (Å²) in [5.41, 5.74) is 5.91. The van der Waals surface area contributed by atoms with Crippen molar-refractivity contribution < 1.29 is 9.84 Å². The number of methoxy groups -OCH3 is 1. The maximum atomic E-state index is 9.23. The van der Waals surface area contributed by atoms with Gasteiger partial charge in [-0.2, -0.15) is 11.8 Å². The van der Waals surface area contributed by atoms with E-state index < -0.39 is 0 Å². The van der Waals surface area contributed by atoms with Crippen LogP contribution in [0, 0.1) is 0 Å². The first-order valence-corrected chi connectivity index (χ1v) is 6.23. The SMILES string of the molecule is COCC(N)C(CO)SC1CCCC1. The van der Waals surface area contributed by atoms with Gasteiger partial charge in [0, 0.05) is 23.7 Å². The Kier molecular flexibility index (Phi) is 5.86. The fourth-order valence-corrected chi connectivity index (χ4v) is 3.32. The van der Waals surface area contributed by atoms with Crippen molar-refractivity contribution in [2.45, 2.75) is 42.2 Å². The monoisotopic (exact) mass is 219 g/mol. The Labute approximate surface area is 90.4 Å². The molecule has 2 unspecified atom stereocenters. The molecule has 1 fully saturated rings. The van der Waals surface area contributed by atoms with Crippen LogP contribution in [0.25, 0.3) is 0 Å². The standard InChI is InChI=1S/C10H21NO2S/c1-13-7-9(11)10(6-12)14-8-4-2-3-5-8/h8-10,12H,2-7,11H2,1H3. The summed E-state index contributed by atoms with van der Waals surface area (Å²) in [5, 5.41) is 10.1. The second-order valence-electron chi connectivity index (χ2n) is 3.88. The third-order valence-electron chi connectivity index (χ3n) is 2.69. The average Bonchev–Trinajstić information content (AvgIpc) is 2.66. The van der Waals surface area contributed by atoms with E-state index in [9.17, 15) is 5.11 Å². The van der Waals surface area contributed by atoms with Gasteiger partial charge in [0.1, 0.15) is 0 Å². The van der Waals surface area contributed by atoms with Crippen LogP contribution in [-0.2, 0) is 4.74 Å². The highest BCUT2D eigenvalue weighted by Gasteiger charge is 2.24. The molecule has 0 aliphatic heterocycles. The molecule has 0 aromatic rings. The summed E-state index contributed by atoms with van der Waals surface area (Å²) in [6.07, 6.45) is 5.21. The van der Waals surface area contributed by atoms with Gasteiger partial charge >= 0.3 is 0 Å². The van der Waals surface area contributed by atoms with Crippen molar-refractivity contribution in [2.24, 2.45) is 5.73 Å². The fraction of sp³-hybridized carbons (Fsp3) is 1.00. The molecule has 2 atom stereocenters. The molecule has 14 heavy (non-hydrogen) atoms. The number of thioether (sulfide) groups is 1. The summed E-state index contributed by atoms with van der Waals surface area (Å²) in [4.78, 5) is 0. The quantitative estimate of drug-likeness (QED) is 0.699. The van der Waals surface area contributed by atoms with E-state index in [1.165, 1.54) is 25.7 Å². The van der Waals surface area contributed by atoms with Gasteiger partial charge < -0.3 is 15.6 Å². The highest BCUT2D eigenvalue weighted by Crippen LogP contribution is 2.32. The molecule has 0 saturated heterocycles. The van der Waals surface area contributed by atoms with E-state index in [0.29, 0.717) is 11.9 Å². The molecule has 1 aliphatic carbocycles. The first kappa shape index (κ1) is 12.3. The lowest BCUT2D eigenvalue weighted by molar-refractivity contribution is 0.167. The van der Waals surface area contributed by atoms with Gasteiger partial charge in [-0.25, -0.2) is 0 Å². The predicted molar refractivity (Wildman–Crippen MR) is 60.6 cm³/mol. The summed E-state index contributed by atoms with van der Waals surface area (Å²) in [5.74, 6) is 0. The Hall–Kier alpha value is 0.230. The molecule has 0 bridgehead atoms. The van der Waals surface area contributed by atoms with Crippen LogP contribution in [0.5, 0.6) is 0 Å². The number of aliphatic hydroxyl groups excluding tert-OH is 1. The zero-order valence-corrected chi connectivity index (χ0v) is 9.63. The van der Waals surface area contributed by atoms with Crippen LogP contribution < -0.4 is 5.73 Å². The highest BCUT2D eigenvalue weighted by atomic mass is 32.2. The molecule has 0 radical (unpaired) electrons. The first-order valence-electron chi connectivity index (χ1n) is 5.28. The second-order valence-corrected chi connectivity index (χ2v) is 5.43. The molecule has 3 nitrogen and oxygen atoms in total. The molecule has 1 rings (SSSR count). The van der Waals surface area contributed by atoms with E-state index in [1.807, 2.05) is 11.8 Å². The van der Waals surface area contributed by atoms with E-state index in [2.05, 4.69) is 0 Å². The van der Waals surface area contributed by atoms with Crippen molar-refractivity contribution in [2.75, 3.05) is 20.3 Å². The van der Waals surface area contributed by atoms with E-state index in [1.54, 1.807) is 7.11 Å². The Morgan fingerprint density at radius 1 is 1.50 bits per heavy atom. The van der Waals surface area contributed by atoms with Crippen LogP contribution in [0.1, 0.15) is 25.7 Å². The summed E-state index contributed by atoms with van der Waals surface area (Å²) in [6.45, 7) is 0.691. The number of hydrogen-bond acceptors (Lipinski definition) is 4. The molecular weight excluding hydrogens is 198 g/mol. The molecule has 0 aromatic carbocycles. The number of hydrogen-bond donors (Lipinski definition) is 2. The van der Waals surface area contributed by atoms with Crippen LogP contribution in [0.15, 0.2) is 0 Å². The Morgan fingerprint density at radius 3 is 2.64 bits per heavy atom. The summed E-state index contributed by atoms with van der Waals surface area (Å²) in [6, 6.07) is -0.0457. The number of aliphatic hydroxyl groups is 1. The molecular formula is C10H21NO2S. The Balaban J connectivity index is 2.29. The zero-order valence-electron chi connectivity index (χ0n) is 8.82. The minimum atomic E-state index is -0.0457. The highest BCUT2D eigenvalue weighted by molar-refractivity contribution is 8.00. The van der Waals surface area contributed by atoms with Crippen LogP contribution in [0.4, 0.5) is 0 Å². The van der Waals surface area contributed by atoms with E-state index in [4.69, 9.17) is 10.5 Å². The van der Waals surface area contributed by atoms with Crippen LogP contribution in [-0.4, -0.2) is 42.0 Å². The maximum Gasteiger partial charge on any atom is 0.0625 e. The zero-order chi connectivity index (χ0) is 10.4. The minimum absolute atomic E-state index is 0.0457. The van der Waals surface area contributed by atoms with E-state index in [0.717, 1.165) is 0 Å². The molecule has 0 aromatic heterocycles. The molecule has 84 valence electrons. The van der Waals surface area contributed by atoms with Gasteiger partial charge in [0.05, 0.1) is 13.2 Å². The Bertz CT molecular complexity index is 151. The minimum Gasteiger partial charge on any atom is -0.395 e. The van der Waals surface area contributed by atoms with Crippen LogP contribution in [0.3, 0.4) is 0 Å². The molecule has 0 amide bonds. The maximum absolute atomic E-state index is 9.23. The fourth-order valence-electron chi connectivity index (χ4n) is 1.85. The predicted octanol–water partition coefficient (Wildman–Crippen LogP) is 0.997. The van der Waals surface area contributed by atoms with Crippen molar-refractivity contribution in [3.05, 3.63) is 0 Å².